The summed E-state index contributed by atoms with van der Waals surface area (Å²) in [5.41, 5.74) is 1.62. The summed E-state index contributed by atoms with van der Waals surface area (Å²) >= 11 is 0. The summed E-state index contributed by atoms with van der Waals surface area (Å²) in [6, 6.07) is 4.69. The number of hydrogen-bond donors (Lipinski definition) is 2. The van der Waals surface area contributed by atoms with Gasteiger partial charge in [0.25, 0.3) is 0 Å². The Bertz CT molecular complexity index is 571. The summed E-state index contributed by atoms with van der Waals surface area (Å²) in [6.07, 6.45) is 1.33. The molecule has 0 bridgehead atoms. The Kier molecular flexibility index (Phi) is 4.80. The van der Waals surface area contributed by atoms with Crippen molar-refractivity contribution in [3.8, 4) is 0 Å². The van der Waals surface area contributed by atoms with Crippen molar-refractivity contribution >= 4 is 10.0 Å². The van der Waals surface area contributed by atoms with Crippen LogP contribution >= 0.6 is 0 Å². The van der Waals surface area contributed by atoms with Gasteiger partial charge in [0.05, 0.1) is 23.6 Å². The first-order valence-corrected chi connectivity index (χ1v) is 8.33. The van der Waals surface area contributed by atoms with Crippen molar-refractivity contribution in [2.45, 2.75) is 50.3 Å². The molecule has 2 atom stereocenters. The molecule has 1 aromatic rings. The molecular weight excluding hydrogens is 278 g/mol. The Morgan fingerprint density at radius 3 is 2.70 bits per heavy atom. The molecule has 5 nitrogen and oxygen atoms in total. The smallest absolute Gasteiger partial charge is 0.240 e. The van der Waals surface area contributed by atoms with Gasteiger partial charge in [-0.3, -0.25) is 0 Å². The van der Waals surface area contributed by atoms with E-state index in [0.717, 1.165) is 12.0 Å². The molecule has 1 saturated heterocycles. The standard InChI is InChI=1S/C14H21NO4S/c1-3-11-4-5-13(8-12(11)9-16)20(17,18)15-14-6-7-19-10(14)2/h4-5,8,10,14-16H,3,6-7,9H2,1-2H3. The second-order valence-electron chi connectivity index (χ2n) is 5.03. The summed E-state index contributed by atoms with van der Waals surface area (Å²) in [7, 11) is -3.58. The predicted octanol–water partition coefficient (Wildman–Crippen LogP) is 1.20. The molecular formula is C14H21NO4S. The zero-order valence-electron chi connectivity index (χ0n) is 11.8. The normalized spacial score (nSPS) is 23.1. The molecule has 2 unspecified atom stereocenters. The fourth-order valence-corrected chi connectivity index (χ4v) is 3.80. The summed E-state index contributed by atoms with van der Waals surface area (Å²) < 4.78 is 32.7. The van der Waals surface area contributed by atoms with E-state index in [1.54, 1.807) is 18.2 Å². The van der Waals surface area contributed by atoms with Crippen molar-refractivity contribution in [2.75, 3.05) is 6.61 Å². The zero-order chi connectivity index (χ0) is 14.8. The van der Waals surface area contributed by atoms with Crippen LogP contribution in [-0.4, -0.2) is 32.3 Å². The van der Waals surface area contributed by atoms with Gasteiger partial charge in [-0.25, -0.2) is 13.1 Å². The highest BCUT2D eigenvalue weighted by molar-refractivity contribution is 7.89. The van der Waals surface area contributed by atoms with E-state index in [4.69, 9.17) is 4.74 Å². The average Bonchev–Trinajstić information content (AvgIpc) is 2.82. The average molecular weight is 299 g/mol. The summed E-state index contributed by atoms with van der Waals surface area (Å²) in [4.78, 5) is 0.192. The van der Waals surface area contributed by atoms with Gasteiger partial charge >= 0.3 is 0 Å². The Morgan fingerprint density at radius 1 is 1.40 bits per heavy atom. The van der Waals surface area contributed by atoms with Gasteiger partial charge in [-0.05, 0) is 43.0 Å². The molecule has 1 fully saturated rings. The van der Waals surface area contributed by atoms with Crippen LogP contribution in [0.2, 0.25) is 0 Å². The molecule has 0 aliphatic carbocycles. The quantitative estimate of drug-likeness (QED) is 0.856. The lowest BCUT2D eigenvalue weighted by atomic mass is 10.1. The van der Waals surface area contributed by atoms with Gasteiger partial charge in [0, 0.05) is 6.61 Å². The maximum Gasteiger partial charge on any atom is 0.240 e. The Morgan fingerprint density at radius 2 is 2.15 bits per heavy atom. The first-order chi connectivity index (χ1) is 9.47. The third-order valence-corrected chi connectivity index (χ3v) is 5.21. The van der Waals surface area contributed by atoms with Crippen LogP contribution in [0.15, 0.2) is 23.1 Å². The highest BCUT2D eigenvalue weighted by atomic mass is 32.2. The van der Waals surface area contributed by atoms with E-state index >= 15 is 0 Å². The molecule has 0 saturated carbocycles. The van der Waals surface area contributed by atoms with E-state index in [0.29, 0.717) is 18.6 Å². The first kappa shape index (κ1) is 15.4. The second kappa shape index (κ2) is 6.22. The largest absolute Gasteiger partial charge is 0.392 e. The Hall–Kier alpha value is -0.950. The van der Waals surface area contributed by atoms with Crippen molar-refractivity contribution in [1.29, 1.82) is 0 Å². The van der Waals surface area contributed by atoms with Gasteiger partial charge in [0.15, 0.2) is 0 Å². The van der Waals surface area contributed by atoms with E-state index in [9.17, 15) is 13.5 Å². The highest BCUT2D eigenvalue weighted by Gasteiger charge is 2.29. The SMILES string of the molecule is CCc1ccc(S(=O)(=O)NC2CCOC2C)cc1CO. The molecule has 1 aliphatic rings. The van der Waals surface area contributed by atoms with E-state index in [2.05, 4.69) is 4.72 Å². The van der Waals surface area contributed by atoms with Crippen LogP contribution < -0.4 is 4.72 Å². The third kappa shape index (κ3) is 3.20. The van der Waals surface area contributed by atoms with Crippen molar-refractivity contribution in [3.63, 3.8) is 0 Å². The second-order valence-corrected chi connectivity index (χ2v) is 6.75. The predicted molar refractivity (Wildman–Crippen MR) is 75.9 cm³/mol. The van der Waals surface area contributed by atoms with Crippen LogP contribution in [0.3, 0.4) is 0 Å². The fraction of sp³-hybridized carbons (Fsp3) is 0.571. The van der Waals surface area contributed by atoms with Crippen molar-refractivity contribution < 1.29 is 18.3 Å². The molecule has 2 N–H and O–H groups in total. The number of hydrogen-bond acceptors (Lipinski definition) is 4. The summed E-state index contributed by atoms with van der Waals surface area (Å²) in [6.45, 7) is 4.25. The highest BCUT2D eigenvalue weighted by Crippen LogP contribution is 2.20. The molecule has 0 amide bonds. The Balaban J connectivity index is 2.25. The van der Waals surface area contributed by atoms with Crippen LogP contribution in [0.4, 0.5) is 0 Å². The van der Waals surface area contributed by atoms with Crippen molar-refractivity contribution in [2.24, 2.45) is 0 Å². The van der Waals surface area contributed by atoms with E-state index < -0.39 is 10.0 Å². The number of ether oxygens (including phenoxy) is 1. The van der Waals surface area contributed by atoms with Gasteiger partial charge in [-0.15, -0.1) is 0 Å². The van der Waals surface area contributed by atoms with Crippen LogP contribution in [0.25, 0.3) is 0 Å². The molecule has 1 aliphatic heterocycles. The van der Waals surface area contributed by atoms with Gasteiger partial charge in [0.1, 0.15) is 0 Å². The molecule has 6 heteroatoms. The van der Waals surface area contributed by atoms with Crippen LogP contribution in [0, 0.1) is 0 Å². The number of rotatable bonds is 5. The number of benzene rings is 1. The molecule has 2 rings (SSSR count). The van der Waals surface area contributed by atoms with E-state index in [-0.39, 0.29) is 23.6 Å². The van der Waals surface area contributed by atoms with Crippen LogP contribution in [-0.2, 0) is 27.8 Å². The number of aryl methyl sites for hydroxylation is 1. The van der Waals surface area contributed by atoms with Gasteiger partial charge in [-0.1, -0.05) is 13.0 Å². The molecule has 20 heavy (non-hydrogen) atoms. The topological polar surface area (TPSA) is 75.6 Å². The lowest BCUT2D eigenvalue weighted by molar-refractivity contribution is 0.117. The monoisotopic (exact) mass is 299 g/mol. The molecule has 1 aromatic carbocycles. The maximum atomic E-state index is 12.4. The van der Waals surface area contributed by atoms with Gasteiger partial charge in [-0.2, -0.15) is 0 Å². The minimum absolute atomic E-state index is 0.114. The zero-order valence-corrected chi connectivity index (χ0v) is 12.6. The van der Waals surface area contributed by atoms with Crippen LogP contribution in [0.5, 0.6) is 0 Å². The minimum atomic E-state index is -3.58. The van der Waals surface area contributed by atoms with Crippen molar-refractivity contribution in [3.05, 3.63) is 29.3 Å². The van der Waals surface area contributed by atoms with Crippen molar-refractivity contribution in [1.82, 2.24) is 4.72 Å². The summed E-state index contributed by atoms with van der Waals surface area (Å²) in [5.74, 6) is 0. The molecule has 112 valence electrons. The van der Waals surface area contributed by atoms with Gasteiger partial charge in [0.2, 0.25) is 10.0 Å². The summed E-state index contributed by atoms with van der Waals surface area (Å²) in [5, 5.41) is 9.33. The van der Waals surface area contributed by atoms with Gasteiger partial charge < -0.3 is 9.84 Å². The molecule has 0 aromatic heterocycles. The third-order valence-electron chi connectivity index (χ3n) is 3.72. The molecule has 0 spiro atoms. The first-order valence-electron chi connectivity index (χ1n) is 6.84. The van der Waals surface area contributed by atoms with E-state index in [1.165, 1.54) is 0 Å². The Labute approximate surface area is 120 Å². The van der Waals surface area contributed by atoms with E-state index in [1.807, 2.05) is 13.8 Å². The number of aliphatic hydroxyl groups is 1. The maximum absolute atomic E-state index is 12.4. The molecule has 0 radical (unpaired) electrons. The van der Waals surface area contributed by atoms with Crippen LogP contribution in [0.1, 0.15) is 31.4 Å². The fourth-order valence-electron chi connectivity index (χ4n) is 2.42. The lowest BCUT2D eigenvalue weighted by Gasteiger charge is -2.17. The number of aliphatic hydroxyl groups excluding tert-OH is 1. The molecule has 1 heterocycles. The number of sulfonamides is 1. The minimum Gasteiger partial charge on any atom is -0.392 e. The number of nitrogens with one attached hydrogen (secondary N) is 1. The lowest BCUT2D eigenvalue weighted by Crippen LogP contribution is -2.39.